The first-order valence-electron chi connectivity index (χ1n) is 10.6. The largest absolute Gasteiger partial charge is 0.497 e. The molecule has 0 aliphatic carbocycles. The number of rotatable bonds is 7. The van der Waals surface area contributed by atoms with E-state index in [-0.39, 0.29) is 24.2 Å². The van der Waals surface area contributed by atoms with Gasteiger partial charge in [-0.05, 0) is 49.8 Å². The second kappa shape index (κ2) is 8.71. The smallest absolute Gasteiger partial charge is 0.310 e. The molecule has 0 saturated carbocycles. The standard InChI is InChI=1S/C22H30N2O5/c1-28-16-4-2-14(3-5-16)8-11-24-12-9-15(10-13-24)23-21(25)19-17-6-7-18(29-17)20(19)22(26)27/h2-5,15,17-20H,6-13H2,1H3,(H,23,25)(H,26,27)/t17-,18?,19?,20?/m0/s1. The Labute approximate surface area is 171 Å². The van der Waals surface area contributed by atoms with Gasteiger partial charge in [0.2, 0.25) is 5.91 Å². The summed E-state index contributed by atoms with van der Waals surface area (Å²) < 4.78 is 10.9. The number of methoxy groups -OCH3 is 1. The van der Waals surface area contributed by atoms with E-state index >= 15 is 0 Å². The van der Waals surface area contributed by atoms with E-state index in [9.17, 15) is 14.7 Å². The lowest BCUT2D eigenvalue weighted by atomic mass is 9.78. The Hall–Kier alpha value is -2.12. The van der Waals surface area contributed by atoms with Gasteiger partial charge in [-0.1, -0.05) is 12.1 Å². The van der Waals surface area contributed by atoms with Gasteiger partial charge >= 0.3 is 5.97 Å². The first-order valence-corrected chi connectivity index (χ1v) is 10.6. The molecule has 4 atom stereocenters. The number of carboxylic acid groups (broad SMARTS) is 1. The van der Waals surface area contributed by atoms with Crippen LogP contribution in [0, 0.1) is 11.8 Å². The Bertz CT molecular complexity index is 729. The summed E-state index contributed by atoms with van der Waals surface area (Å²) in [5.41, 5.74) is 1.29. The van der Waals surface area contributed by atoms with Crippen molar-refractivity contribution >= 4 is 11.9 Å². The molecule has 0 aromatic heterocycles. The average Bonchev–Trinajstić information content (AvgIpc) is 3.35. The molecule has 3 unspecified atom stereocenters. The molecule has 3 aliphatic heterocycles. The number of fused-ring (bicyclic) bond motifs is 2. The third-order valence-electron chi connectivity index (χ3n) is 6.67. The molecule has 4 rings (SSSR count). The van der Waals surface area contributed by atoms with Crippen LogP contribution in [0.3, 0.4) is 0 Å². The summed E-state index contributed by atoms with van der Waals surface area (Å²) in [7, 11) is 1.67. The monoisotopic (exact) mass is 402 g/mol. The lowest BCUT2D eigenvalue weighted by Crippen LogP contribution is -2.50. The molecule has 3 heterocycles. The summed E-state index contributed by atoms with van der Waals surface area (Å²) in [5, 5.41) is 12.6. The van der Waals surface area contributed by atoms with Crippen LogP contribution in [0.25, 0.3) is 0 Å². The number of nitrogens with one attached hydrogen (secondary N) is 1. The van der Waals surface area contributed by atoms with Crippen LogP contribution in [-0.4, -0.2) is 66.9 Å². The summed E-state index contributed by atoms with van der Waals surface area (Å²) in [6.45, 7) is 2.88. The Kier molecular flexibility index (Phi) is 6.06. The van der Waals surface area contributed by atoms with Crippen molar-refractivity contribution in [3.8, 4) is 5.75 Å². The normalized spacial score (nSPS) is 29.7. The van der Waals surface area contributed by atoms with Gasteiger partial charge in [0.15, 0.2) is 0 Å². The third kappa shape index (κ3) is 4.41. The predicted molar refractivity (Wildman–Crippen MR) is 107 cm³/mol. The van der Waals surface area contributed by atoms with E-state index in [1.165, 1.54) is 5.56 Å². The van der Waals surface area contributed by atoms with Gasteiger partial charge in [-0.25, -0.2) is 0 Å². The first-order chi connectivity index (χ1) is 14.0. The second-order valence-electron chi connectivity index (χ2n) is 8.40. The Morgan fingerprint density at radius 3 is 2.38 bits per heavy atom. The Morgan fingerprint density at radius 2 is 1.76 bits per heavy atom. The van der Waals surface area contributed by atoms with Gasteiger partial charge in [-0.3, -0.25) is 9.59 Å². The lowest BCUT2D eigenvalue weighted by Gasteiger charge is -2.33. The topological polar surface area (TPSA) is 88.1 Å². The summed E-state index contributed by atoms with van der Waals surface area (Å²) in [5.74, 6) is -1.42. The second-order valence-corrected chi connectivity index (χ2v) is 8.40. The molecule has 0 spiro atoms. The highest BCUT2D eigenvalue weighted by molar-refractivity contribution is 5.86. The molecule has 1 amide bonds. The number of carbonyl (C=O) groups excluding carboxylic acids is 1. The molecule has 2 N–H and O–H groups in total. The van der Waals surface area contributed by atoms with Crippen LogP contribution in [-0.2, 0) is 20.7 Å². The number of hydrogen-bond acceptors (Lipinski definition) is 5. The fourth-order valence-electron chi connectivity index (χ4n) is 5.00. The van der Waals surface area contributed by atoms with Gasteiger partial charge < -0.3 is 24.8 Å². The molecule has 29 heavy (non-hydrogen) atoms. The van der Waals surface area contributed by atoms with Crippen molar-refractivity contribution < 1.29 is 24.2 Å². The number of likely N-dealkylation sites (tertiary alicyclic amines) is 1. The molecule has 3 aliphatic rings. The van der Waals surface area contributed by atoms with Crippen molar-refractivity contribution in [3.63, 3.8) is 0 Å². The highest BCUT2D eigenvalue weighted by Gasteiger charge is 2.55. The number of nitrogens with zero attached hydrogens (tertiary/aromatic N) is 1. The van der Waals surface area contributed by atoms with E-state index < -0.39 is 17.8 Å². The SMILES string of the molecule is COc1ccc(CCN2CCC(NC(=O)C3C(C(=O)O)C4CC[C@@H]3O4)CC2)cc1. The molecule has 1 aromatic rings. The molecular formula is C22H30N2O5. The number of carbonyl (C=O) groups is 2. The van der Waals surface area contributed by atoms with Crippen LogP contribution >= 0.6 is 0 Å². The zero-order valence-corrected chi connectivity index (χ0v) is 16.9. The van der Waals surface area contributed by atoms with Gasteiger partial charge in [-0.2, -0.15) is 0 Å². The van der Waals surface area contributed by atoms with E-state index in [2.05, 4.69) is 22.3 Å². The zero-order valence-electron chi connectivity index (χ0n) is 16.9. The zero-order chi connectivity index (χ0) is 20.4. The number of aliphatic carboxylic acids is 1. The van der Waals surface area contributed by atoms with E-state index in [1.807, 2.05) is 12.1 Å². The fraction of sp³-hybridized carbons (Fsp3) is 0.636. The number of carboxylic acids is 1. The van der Waals surface area contributed by atoms with Crippen LogP contribution in [0.2, 0.25) is 0 Å². The van der Waals surface area contributed by atoms with E-state index in [1.54, 1.807) is 7.11 Å². The summed E-state index contributed by atoms with van der Waals surface area (Å²) in [6, 6.07) is 8.29. The summed E-state index contributed by atoms with van der Waals surface area (Å²) in [4.78, 5) is 26.8. The molecule has 158 valence electrons. The van der Waals surface area contributed by atoms with E-state index in [0.717, 1.165) is 57.5 Å². The van der Waals surface area contributed by atoms with Crippen LogP contribution in [0.1, 0.15) is 31.2 Å². The van der Waals surface area contributed by atoms with E-state index in [4.69, 9.17) is 9.47 Å². The maximum Gasteiger partial charge on any atom is 0.310 e. The van der Waals surface area contributed by atoms with Gasteiger partial charge in [-0.15, -0.1) is 0 Å². The number of hydrogen-bond donors (Lipinski definition) is 2. The van der Waals surface area contributed by atoms with Crippen molar-refractivity contribution in [3.05, 3.63) is 29.8 Å². The minimum atomic E-state index is -0.911. The molecule has 0 radical (unpaired) electrons. The van der Waals surface area contributed by atoms with Gasteiger partial charge in [0.1, 0.15) is 5.75 Å². The van der Waals surface area contributed by atoms with Gasteiger partial charge in [0.25, 0.3) is 0 Å². The Morgan fingerprint density at radius 1 is 1.10 bits per heavy atom. The van der Waals surface area contributed by atoms with Crippen molar-refractivity contribution in [2.75, 3.05) is 26.7 Å². The highest BCUT2D eigenvalue weighted by atomic mass is 16.5. The van der Waals surface area contributed by atoms with Crippen LogP contribution in [0.4, 0.5) is 0 Å². The number of benzene rings is 1. The minimum absolute atomic E-state index is 0.119. The third-order valence-corrected chi connectivity index (χ3v) is 6.67. The Balaban J connectivity index is 1.22. The van der Waals surface area contributed by atoms with Gasteiger partial charge in [0.05, 0.1) is 31.2 Å². The predicted octanol–water partition coefficient (Wildman–Crippen LogP) is 1.70. The van der Waals surface area contributed by atoms with Gasteiger partial charge in [0, 0.05) is 25.7 Å². The molecule has 2 bridgehead atoms. The molecule has 1 aromatic carbocycles. The van der Waals surface area contributed by atoms with Crippen LogP contribution in [0.5, 0.6) is 5.75 Å². The number of ether oxygens (including phenoxy) is 2. The van der Waals surface area contributed by atoms with Crippen LogP contribution in [0.15, 0.2) is 24.3 Å². The molecular weight excluding hydrogens is 372 g/mol. The summed E-state index contributed by atoms with van der Waals surface area (Å²) >= 11 is 0. The van der Waals surface area contributed by atoms with E-state index in [0.29, 0.717) is 0 Å². The van der Waals surface area contributed by atoms with Crippen molar-refractivity contribution in [2.45, 2.75) is 50.4 Å². The van der Waals surface area contributed by atoms with Crippen molar-refractivity contribution in [2.24, 2.45) is 11.8 Å². The van der Waals surface area contributed by atoms with Crippen LogP contribution < -0.4 is 10.1 Å². The van der Waals surface area contributed by atoms with Crippen molar-refractivity contribution in [1.82, 2.24) is 10.2 Å². The molecule has 3 saturated heterocycles. The average molecular weight is 402 g/mol. The molecule has 3 fully saturated rings. The number of amides is 1. The highest BCUT2D eigenvalue weighted by Crippen LogP contribution is 2.43. The first kappa shape index (κ1) is 20.2. The minimum Gasteiger partial charge on any atom is -0.497 e. The van der Waals surface area contributed by atoms with Crippen molar-refractivity contribution in [1.29, 1.82) is 0 Å². The molecule has 7 heteroatoms. The maximum atomic E-state index is 12.8. The number of piperidine rings is 1. The lowest BCUT2D eigenvalue weighted by molar-refractivity contribution is -0.148. The summed E-state index contributed by atoms with van der Waals surface area (Å²) in [6.07, 6.45) is 3.79. The quantitative estimate of drug-likeness (QED) is 0.722. The molecule has 7 nitrogen and oxygen atoms in total. The maximum absolute atomic E-state index is 12.8. The fourth-order valence-corrected chi connectivity index (χ4v) is 5.00.